The number of fused-ring (bicyclic) bond motifs is 1. The fraction of sp³-hybridized carbons (Fsp3) is 0.214. The number of hydrogen-bond donors (Lipinski definition) is 0. The molecule has 0 aliphatic heterocycles. The smallest absolute Gasteiger partial charge is 0.340 e. The molecule has 0 bridgehead atoms. The minimum atomic E-state index is -0.448. The van der Waals surface area contributed by atoms with Crippen molar-refractivity contribution in [1.29, 1.82) is 5.26 Å². The molecule has 1 aromatic heterocycles. The number of esters is 1. The van der Waals surface area contributed by atoms with Gasteiger partial charge in [0.15, 0.2) is 0 Å². The number of hydrogen-bond acceptors (Lipinski definition) is 4. The molecule has 0 unspecified atom stereocenters. The summed E-state index contributed by atoms with van der Waals surface area (Å²) >= 11 is 0. The van der Waals surface area contributed by atoms with Gasteiger partial charge in [0.1, 0.15) is 0 Å². The molecular formula is C14H12N2O2. The lowest BCUT2D eigenvalue weighted by molar-refractivity contribution is 0.0598. The number of aromatic nitrogens is 1. The maximum absolute atomic E-state index is 11.8. The van der Waals surface area contributed by atoms with Crippen LogP contribution in [0.3, 0.4) is 0 Å². The van der Waals surface area contributed by atoms with Gasteiger partial charge >= 0.3 is 5.97 Å². The molecule has 0 amide bonds. The highest BCUT2D eigenvalue weighted by Gasteiger charge is 2.18. The molecule has 0 aliphatic carbocycles. The van der Waals surface area contributed by atoms with Gasteiger partial charge in [-0.2, -0.15) is 5.26 Å². The van der Waals surface area contributed by atoms with Crippen LogP contribution in [0.5, 0.6) is 0 Å². The maximum Gasteiger partial charge on any atom is 0.340 e. The van der Waals surface area contributed by atoms with Crippen molar-refractivity contribution in [2.75, 3.05) is 7.11 Å². The van der Waals surface area contributed by atoms with E-state index in [0.29, 0.717) is 11.3 Å². The molecule has 18 heavy (non-hydrogen) atoms. The van der Waals surface area contributed by atoms with Crippen LogP contribution in [-0.4, -0.2) is 18.1 Å². The predicted octanol–water partition coefficient (Wildman–Crippen LogP) is 2.40. The fourth-order valence-electron chi connectivity index (χ4n) is 2.02. The van der Waals surface area contributed by atoms with Crippen LogP contribution in [0.1, 0.15) is 21.6 Å². The normalized spacial score (nSPS) is 10.1. The van der Waals surface area contributed by atoms with Crippen molar-refractivity contribution in [2.45, 2.75) is 13.3 Å². The second kappa shape index (κ2) is 4.84. The summed E-state index contributed by atoms with van der Waals surface area (Å²) in [5, 5.41) is 9.72. The molecular weight excluding hydrogens is 228 g/mol. The molecule has 0 radical (unpaired) electrons. The highest BCUT2D eigenvalue weighted by atomic mass is 16.5. The van der Waals surface area contributed by atoms with E-state index in [1.807, 2.05) is 37.3 Å². The Morgan fingerprint density at radius 2 is 2.17 bits per heavy atom. The minimum Gasteiger partial charge on any atom is -0.465 e. The van der Waals surface area contributed by atoms with Crippen molar-refractivity contribution in [3.05, 3.63) is 41.1 Å². The highest BCUT2D eigenvalue weighted by molar-refractivity contribution is 5.98. The molecule has 90 valence electrons. The molecule has 0 saturated carbocycles. The second-order valence-electron chi connectivity index (χ2n) is 3.90. The highest BCUT2D eigenvalue weighted by Crippen LogP contribution is 2.23. The molecule has 0 spiro atoms. The van der Waals surface area contributed by atoms with Gasteiger partial charge in [-0.15, -0.1) is 0 Å². The number of ether oxygens (including phenoxy) is 1. The van der Waals surface area contributed by atoms with Gasteiger partial charge in [-0.3, -0.25) is 4.98 Å². The van der Waals surface area contributed by atoms with E-state index in [0.717, 1.165) is 16.5 Å². The largest absolute Gasteiger partial charge is 0.465 e. The molecule has 2 rings (SSSR count). The summed E-state index contributed by atoms with van der Waals surface area (Å²) in [6.45, 7) is 1.84. The molecule has 1 heterocycles. The Hall–Kier alpha value is -2.41. The molecule has 1 aromatic carbocycles. The first-order chi connectivity index (χ1) is 8.69. The summed E-state index contributed by atoms with van der Waals surface area (Å²) in [6.07, 6.45) is 0.0934. The second-order valence-corrected chi connectivity index (χ2v) is 3.90. The zero-order chi connectivity index (χ0) is 13.1. The van der Waals surface area contributed by atoms with Crippen LogP contribution < -0.4 is 0 Å². The molecule has 4 nitrogen and oxygen atoms in total. The summed E-state index contributed by atoms with van der Waals surface area (Å²) in [6, 6.07) is 9.56. The molecule has 0 aliphatic rings. The molecule has 4 heteroatoms. The lowest BCUT2D eigenvalue weighted by Crippen LogP contribution is -2.10. The Bertz CT molecular complexity index is 657. The van der Waals surface area contributed by atoms with Gasteiger partial charge in [0.05, 0.1) is 36.4 Å². The van der Waals surface area contributed by atoms with Crippen LogP contribution in [0, 0.1) is 18.3 Å². The summed E-state index contributed by atoms with van der Waals surface area (Å²) in [4.78, 5) is 16.2. The molecule has 0 saturated heterocycles. The third kappa shape index (κ3) is 1.91. The van der Waals surface area contributed by atoms with Crippen LogP contribution in [0.25, 0.3) is 10.9 Å². The topological polar surface area (TPSA) is 63.0 Å². The van der Waals surface area contributed by atoms with Crippen LogP contribution in [0.15, 0.2) is 24.3 Å². The standard InChI is InChI=1S/C14H12N2O2/c1-9-10-5-3-4-6-11(10)16-12(7-8-15)13(9)14(17)18-2/h3-6H,7H2,1-2H3. The van der Waals surface area contributed by atoms with Crippen molar-refractivity contribution in [3.8, 4) is 6.07 Å². The van der Waals surface area contributed by atoms with Gasteiger partial charge in [0.2, 0.25) is 0 Å². The average Bonchev–Trinajstić information content (AvgIpc) is 2.39. The van der Waals surface area contributed by atoms with E-state index in [9.17, 15) is 4.79 Å². The number of nitriles is 1. The Balaban J connectivity index is 2.80. The number of carbonyl (C=O) groups is 1. The first-order valence-electron chi connectivity index (χ1n) is 5.52. The van der Waals surface area contributed by atoms with E-state index in [4.69, 9.17) is 10.00 Å². The first kappa shape index (κ1) is 12.1. The van der Waals surface area contributed by atoms with Gasteiger partial charge in [0, 0.05) is 5.39 Å². The summed E-state index contributed by atoms with van der Waals surface area (Å²) in [7, 11) is 1.33. The Labute approximate surface area is 105 Å². The minimum absolute atomic E-state index is 0.0934. The van der Waals surface area contributed by atoms with E-state index in [-0.39, 0.29) is 6.42 Å². The Kier molecular flexibility index (Phi) is 3.24. The summed E-state index contributed by atoms with van der Waals surface area (Å²) < 4.78 is 4.76. The van der Waals surface area contributed by atoms with Gasteiger partial charge in [-0.05, 0) is 18.6 Å². The predicted molar refractivity (Wildman–Crippen MR) is 67.1 cm³/mol. The van der Waals surface area contributed by atoms with Gasteiger partial charge in [-0.1, -0.05) is 18.2 Å². The van der Waals surface area contributed by atoms with Gasteiger partial charge in [0.25, 0.3) is 0 Å². The van der Waals surface area contributed by atoms with Crippen molar-refractivity contribution in [1.82, 2.24) is 4.98 Å². The summed E-state index contributed by atoms with van der Waals surface area (Å²) in [5.74, 6) is -0.448. The Morgan fingerprint density at radius 1 is 1.44 bits per heavy atom. The van der Waals surface area contributed by atoms with E-state index < -0.39 is 5.97 Å². The van der Waals surface area contributed by atoms with Crippen molar-refractivity contribution >= 4 is 16.9 Å². The number of rotatable bonds is 2. The van der Waals surface area contributed by atoms with Crippen LogP contribution in [0.4, 0.5) is 0 Å². The maximum atomic E-state index is 11.8. The molecule has 2 aromatic rings. The van der Waals surface area contributed by atoms with Crippen molar-refractivity contribution in [3.63, 3.8) is 0 Å². The third-order valence-corrected chi connectivity index (χ3v) is 2.86. The SMILES string of the molecule is COC(=O)c1c(CC#N)nc2ccccc2c1C. The number of pyridine rings is 1. The first-order valence-corrected chi connectivity index (χ1v) is 5.52. The zero-order valence-corrected chi connectivity index (χ0v) is 10.2. The quantitative estimate of drug-likeness (QED) is 0.756. The van der Waals surface area contributed by atoms with Crippen LogP contribution in [-0.2, 0) is 11.2 Å². The van der Waals surface area contributed by atoms with Crippen molar-refractivity contribution < 1.29 is 9.53 Å². The number of methoxy groups -OCH3 is 1. The van der Waals surface area contributed by atoms with Crippen LogP contribution >= 0.6 is 0 Å². The van der Waals surface area contributed by atoms with E-state index in [1.165, 1.54) is 7.11 Å². The zero-order valence-electron chi connectivity index (χ0n) is 10.2. The van der Waals surface area contributed by atoms with E-state index >= 15 is 0 Å². The number of carbonyl (C=O) groups excluding carboxylic acids is 1. The fourth-order valence-corrected chi connectivity index (χ4v) is 2.02. The third-order valence-electron chi connectivity index (χ3n) is 2.86. The van der Waals surface area contributed by atoms with Gasteiger partial charge < -0.3 is 4.74 Å². The lowest BCUT2D eigenvalue weighted by atomic mass is 10.0. The number of aryl methyl sites for hydroxylation is 1. The van der Waals surface area contributed by atoms with E-state index in [1.54, 1.807) is 0 Å². The monoisotopic (exact) mass is 240 g/mol. The van der Waals surface area contributed by atoms with Crippen molar-refractivity contribution in [2.24, 2.45) is 0 Å². The number of para-hydroxylation sites is 1. The molecule has 0 atom stereocenters. The van der Waals surface area contributed by atoms with Gasteiger partial charge in [-0.25, -0.2) is 4.79 Å². The van der Waals surface area contributed by atoms with Crippen LogP contribution in [0.2, 0.25) is 0 Å². The lowest BCUT2D eigenvalue weighted by Gasteiger charge is -2.11. The molecule has 0 N–H and O–H groups in total. The summed E-state index contributed by atoms with van der Waals surface area (Å²) in [5.41, 5.74) is 2.46. The molecule has 0 fully saturated rings. The Morgan fingerprint density at radius 3 is 2.83 bits per heavy atom. The average molecular weight is 240 g/mol. The van der Waals surface area contributed by atoms with E-state index in [2.05, 4.69) is 4.98 Å². The number of benzene rings is 1. The number of nitrogens with zero attached hydrogens (tertiary/aromatic N) is 2.